The molecule has 0 radical (unpaired) electrons. The van der Waals surface area contributed by atoms with Crippen molar-refractivity contribution in [1.82, 2.24) is 4.90 Å². The summed E-state index contributed by atoms with van der Waals surface area (Å²) in [6.07, 6.45) is 0. The first-order valence-corrected chi connectivity index (χ1v) is 7.30. The molecule has 0 fully saturated rings. The standard InChI is InChI=1S/C18H23NO/c1-5-19(6-2)18(3,4)17(20)16-13-9-11-14-10-7-8-12-15(14)16/h7-13H,5-6H2,1-4H3. The molecule has 2 rings (SSSR count). The van der Waals surface area contributed by atoms with Gasteiger partial charge in [0.05, 0.1) is 5.54 Å². The summed E-state index contributed by atoms with van der Waals surface area (Å²) in [6, 6.07) is 14.0. The summed E-state index contributed by atoms with van der Waals surface area (Å²) in [4.78, 5) is 15.2. The van der Waals surface area contributed by atoms with Gasteiger partial charge in [-0.15, -0.1) is 0 Å². The summed E-state index contributed by atoms with van der Waals surface area (Å²) in [7, 11) is 0. The number of ketones is 1. The Morgan fingerprint density at radius 1 is 1.00 bits per heavy atom. The molecule has 0 heterocycles. The zero-order valence-corrected chi connectivity index (χ0v) is 12.8. The molecule has 0 saturated heterocycles. The average molecular weight is 269 g/mol. The van der Waals surface area contributed by atoms with E-state index in [2.05, 4.69) is 30.9 Å². The van der Waals surface area contributed by atoms with Crippen LogP contribution in [0, 0.1) is 0 Å². The topological polar surface area (TPSA) is 20.3 Å². The molecule has 0 aliphatic rings. The van der Waals surface area contributed by atoms with Crippen LogP contribution >= 0.6 is 0 Å². The molecule has 0 amide bonds. The molecular weight excluding hydrogens is 246 g/mol. The van der Waals surface area contributed by atoms with Gasteiger partial charge in [-0.25, -0.2) is 0 Å². The van der Waals surface area contributed by atoms with Crippen molar-refractivity contribution in [2.45, 2.75) is 33.2 Å². The number of rotatable bonds is 5. The predicted octanol–water partition coefficient (Wildman–Crippen LogP) is 4.14. The summed E-state index contributed by atoms with van der Waals surface area (Å²) in [5.41, 5.74) is 0.341. The highest BCUT2D eigenvalue weighted by Gasteiger charge is 2.34. The van der Waals surface area contributed by atoms with Gasteiger partial charge in [0, 0.05) is 5.56 Å². The Balaban J connectivity index is 2.51. The van der Waals surface area contributed by atoms with Gasteiger partial charge in [0.15, 0.2) is 5.78 Å². The predicted molar refractivity (Wildman–Crippen MR) is 85.3 cm³/mol. The van der Waals surface area contributed by atoms with Crippen molar-refractivity contribution in [3.8, 4) is 0 Å². The third-order valence-electron chi connectivity index (χ3n) is 4.14. The van der Waals surface area contributed by atoms with Crippen LogP contribution < -0.4 is 0 Å². The van der Waals surface area contributed by atoms with E-state index >= 15 is 0 Å². The summed E-state index contributed by atoms with van der Waals surface area (Å²) >= 11 is 0. The largest absolute Gasteiger partial charge is 0.292 e. The lowest BCUT2D eigenvalue weighted by molar-refractivity contribution is 0.0670. The minimum atomic E-state index is -0.479. The number of likely N-dealkylation sites (N-methyl/N-ethyl adjacent to an activating group) is 1. The number of Topliss-reactive ketones (excluding diaryl/α,β-unsaturated/α-hetero) is 1. The molecule has 0 bridgehead atoms. The normalized spacial score (nSPS) is 12.1. The summed E-state index contributed by atoms with van der Waals surface area (Å²) in [5, 5.41) is 2.16. The van der Waals surface area contributed by atoms with Crippen LogP contribution in [0.4, 0.5) is 0 Å². The zero-order chi connectivity index (χ0) is 14.8. The maximum atomic E-state index is 13.0. The number of fused-ring (bicyclic) bond motifs is 1. The van der Waals surface area contributed by atoms with Gasteiger partial charge in [0.1, 0.15) is 0 Å². The van der Waals surface area contributed by atoms with E-state index in [0.717, 1.165) is 29.4 Å². The van der Waals surface area contributed by atoms with Crippen molar-refractivity contribution in [3.05, 3.63) is 48.0 Å². The summed E-state index contributed by atoms with van der Waals surface area (Å²) in [6.45, 7) is 9.98. The van der Waals surface area contributed by atoms with Gasteiger partial charge in [0.2, 0.25) is 0 Å². The van der Waals surface area contributed by atoms with Gasteiger partial charge in [-0.3, -0.25) is 9.69 Å². The molecule has 2 aromatic rings. The number of hydrogen-bond acceptors (Lipinski definition) is 2. The lowest BCUT2D eigenvalue weighted by Gasteiger charge is -2.36. The van der Waals surface area contributed by atoms with Crippen molar-refractivity contribution >= 4 is 16.6 Å². The fraction of sp³-hybridized carbons (Fsp3) is 0.389. The fourth-order valence-electron chi connectivity index (χ4n) is 2.91. The smallest absolute Gasteiger partial charge is 0.183 e. The van der Waals surface area contributed by atoms with Crippen LogP contribution in [-0.2, 0) is 0 Å². The second kappa shape index (κ2) is 5.76. The van der Waals surface area contributed by atoms with Gasteiger partial charge in [-0.2, -0.15) is 0 Å². The van der Waals surface area contributed by atoms with Crippen molar-refractivity contribution in [1.29, 1.82) is 0 Å². The number of benzene rings is 2. The monoisotopic (exact) mass is 269 g/mol. The number of nitrogens with zero attached hydrogens (tertiary/aromatic N) is 1. The molecule has 0 unspecified atom stereocenters. The summed E-state index contributed by atoms with van der Waals surface area (Å²) < 4.78 is 0. The van der Waals surface area contributed by atoms with Crippen LogP contribution in [0.25, 0.3) is 10.8 Å². The first kappa shape index (κ1) is 14.7. The Hall–Kier alpha value is -1.67. The van der Waals surface area contributed by atoms with E-state index in [1.165, 1.54) is 0 Å². The van der Waals surface area contributed by atoms with Crippen molar-refractivity contribution in [3.63, 3.8) is 0 Å². The molecule has 0 aliphatic carbocycles. The van der Waals surface area contributed by atoms with Gasteiger partial charge < -0.3 is 0 Å². The minimum Gasteiger partial charge on any atom is -0.292 e. The molecule has 0 spiro atoms. The Morgan fingerprint density at radius 2 is 1.60 bits per heavy atom. The van der Waals surface area contributed by atoms with Gasteiger partial charge >= 0.3 is 0 Å². The molecule has 0 N–H and O–H groups in total. The van der Waals surface area contributed by atoms with E-state index in [-0.39, 0.29) is 5.78 Å². The number of carbonyl (C=O) groups excluding carboxylic acids is 1. The third kappa shape index (κ3) is 2.48. The van der Waals surface area contributed by atoms with Crippen LogP contribution in [0.15, 0.2) is 42.5 Å². The minimum absolute atomic E-state index is 0.193. The van der Waals surface area contributed by atoms with E-state index in [1.54, 1.807) is 0 Å². The second-order valence-electron chi connectivity index (χ2n) is 5.59. The highest BCUT2D eigenvalue weighted by molar-refractivity contribution is 6.12. The van der Waals surface area contributed by atoms with Gasteiger partial charge in [0.25, 0.3) is 0 Å². The summed E-state index contributed by atoms with van der Waals surface area (Å²) in [5.74, 6) is 0.193. The van der Waals surface area contributed by atoms with E-state index in [4.69, 9.17) is 0 Å². The van der Waals surface area contributed by atoms with E-state index in [0.29, 0.717) is 0 Å². The molecule has 2 nitrogen and oxygen atoms in total. The molecule has 2 aromatic carbocycles. The van der Waals surface area contributed by atoms with Crippen LogP contribution in [0.5, 0.6) is 0 Å². The second-order valence-corrected chi connectivity index (χ2v) is 5.59. The quantitative estimate of drug-likeness (QED) is 0.760. The maximum absolute atomic E-state index is 13.0. The highest BCUT2D eigenvalue weighted by atomic mass is 16.1. The molecule has 0 aromatic heterocycles. The molecule has 2 heteroatoms. The molecule has 106 valence electrons. The van der Waals surface area contributed by atoms with Crippen molar-refractivity contribution in [2.75, 3.05) is 13.1 Å². The van der Waals surface area contributed by atoms with E-state index in [9.17, 15) is 4.79 Å². The lowest BCUT2D eigenvalue weighted by Crippen LogP contribution is -2.49. The Labute approximate surface area is 121 Å². The zero-order valence-electron chi connectivity index (χ0n) is 12.8. The van der Waals surface area contributed by atoms with Gasteiger partial charge in [-0.05, 0) is 37.7 Å². The number of hydrogen-bond donors (Lipinski definition) is 0. The number of carbonyl (C=O) groups is 1. The van der Waals surface area contributed by atoms with Crippen molar-refractivity contribution < 1.29 is 4.79 Å². The average Bonchev–Trinajstić information content (AvgIpc) is 2.47. The highest BCUT2D eigenvalue weighted by Crippen LogP contribution is 2.26. The fourth-order valence-corrected chi connectivity index (χ4v) is 2.91. The van der Waals surface area contributed by atoms with Crippen LogP contribution in [-0.4, -0.2) is 29.3 Å². The van der Waals surface area contributed by atoms with E-state index in [1.807, 2.05) is 44.2 Å². The molecule has 0 saturated carbocycles. The molecule has 20 heavy (non-hydrogen) atoms. The first-order chi connectivity index (χ1) is 9.52. The van der Waals surface area contributed by atoms with Crippen molar-refractivity contribution in [2.24, 2.45) is 0 Å². The maximum Gasteiger partial charge on any atom is 0.183 e. The molecule has 0 aliphatic heterocycles. The van der Waals surface area contributed by atoms with Gasteiger partial charge in [-0.1, -0.05) is 56.3 Å². The lowest BCUT2D eigenvalue weighted by atomic mass is 9.88. The molecule has 0 atom stereocenters. The van der Waals surface area contributed by atoms with Crippen LogP contribution in [0.1, 0.15) is 38.1 Å². The Kier molecular flexibility index (Phi) is 4.24. The third-order valence-corrected chi connectivity index (χ3v) is 4.14. The molecular formula is C18H23NO. The van der Waals surface area contributed by atoms with E-state index < -0.39 is 5.54 Å². The Bertz CT molecular complexity index is 606. The first-order valence-electron chi connectivity index (χ1n) is 7.30. The Morgan fingerprint density at radius 3 is 2.25 bits per heavy atom. The SMILES string of the molecule is CCN(CC)C(C)(C)C(=O)c1cccc2ccccc12. The van der Waals surface area contributed by atoms with Crippen LogP contribution in [0.3, 0.4) is 0 Å². The van der Waals surface area contributed by atoms with Crippen LogP contribution in [0.2, 0.25) is 0 Å².